The van der Waals surface area contributed by atoms with Crippen molar-refractivity contribution in [3.05, 3.63) is 87.7 Å². The minimum Gasteiger partial charge on any atom is -0.481 e. The minimum absolute atomic E-state index is 0.0122. The average molecular weight is 469 g/mol. The van der Waals surface area contributed by atoms with E-state index in [0.29, 0.717) is 16.1 Å². The number of ether oxygens (including phenoxy) is 1. The van der Waals surface area contributed by atoms with Gasteiger partial charge < -0.3 is 9.84 Å². The predicted octanol–water partition coefficient (Wildman–Crippen LogP) is 5.53. The van der Waals surface area contributed by atoms with Crippen LogP contribution in [0, 0.1) is 5.82 Å². The highest BCUT2D eigenvalue weighted by Crippen LogP contribution is 2.33. The standard InChI is InChI=1S/C21H15Cl2FO5S/c22-15-7-14(9-21(25)26)8-17(10-15)29-20-6-5-18(11-19(20)23)30(27,28)12-13-1-3-16(24)4-2-13/h1-8,10-11H,9,12H2,(H,25,26). The summed E-state index contributed by atoms with van der Waals surface area (Å²) in [6.07, 6.45) is -0.231. The second-order valence-electron chi connectivity index (χ2n) is 6.45. The van der Waals surface area contributed by atoms with E-state index in [1.54, 1.807) is 0 Å². The van der Waals surface area contributed by atoms with E-state index in [1.165, 1.54) is 60.7 Å². The molecule has 0 atom stereocenters. The van der Waals surface area contributed by atoms with E-state index in [1.807, 2.05) is 0 Å². The van der Waals surface area contributed by atoms with Crippen LogP contribution in [0.4, 0.5) is 4.39 Å². The Morgan fingerprint density at radius 2 is 1.67 bits per heavy atom. The van der Waals surface area contributed by atoms with E-state index < -0.39 is 21.6 Å². The van der Waals surface area contributed by atoms with Crippen molar-refractivity contribution in [1.82, 2.24) is 0 Å². The maximum absolute atomic E-state index is 13.0. The van der Waals surface area contributed by atoms with E-state index in [4.69, 9.17) is 33.0 Å². The molecule has 0 bridgehead atoms. The summed E-state index contributed by atoms with van der Waals surface area (Å²) in [5.41, 5.74) is 0.886. The SMILES string of the molecule is O=C(O)Cc1cc(Cl)cc(Oc2ccc(S(=O)(=O)Cc3ccc(F)cc3)cc2Cl)c1. The Bertz CT molecular complexity index is 1190. The van der Waals surface area contributed by atoms with Gasteiger partial charge in [0.15, 0.2) is 9.84 Å². The zero-order valence-corrected chi connectivity index (χ0v) is 17.6. The number of carbonyl (C=O) groups is 1. The zero-order valence-electron chi connectivity index (χ0n) is 15.3. The Kier molecular flexibility index (Phi) is 6.65. The maximum Gasteiger partial charge on any atom is 0.307 e. The second-order valence-corrected chi connectivity index (χ2v) is 9.28. The highest BCUT2D eigenvalue weighted by molar-refractivity contribution is 7.90. The normalized spacial score (nSPS) is 11.3. The zero-order chi connectivity index (χ0) is 21.9. The van der Waals surface area contributed by atoms with E-state index >= 15 is 0 Å². The molecule has 0 radical (unpaired) electrons. The number of aliphatic carboxylic acids is 1. The number of hydrogen-bond donors (Lipinski definition) is 1. The molecule has 30 heavy (non-hydrogen) atoms. The summed E-state index contributed by atoms with van der Waals surface area (Å²) >= 11 is 12.2. The lowest BCUT2D eigenvalue weighted by Crippen LogP contribution is -2.05. The van der Waals surface area contributed by atoms with Gasteiger partial charge in [-0.2, -0.15) is 0 Å². The number of benzene rings is 3. The van der Waals surface area contributed by atoms with Gasteiger partial charge in [-0.1, -0.05) is 35.3 Å². The lowest BCUT2D eigenvalue weighted by atomic mass is 10.1. The molecule has 3 aromatic rings. The van der Waals surface area contributed by atoms with Gasteiger partial charge in [0.25, 0.3) is 0 Å². The molecule has 156 valence electrons. The first kappa shape index (κ1) is 22.1. The molecule has 5 nitrogen and oxygen atoms in total. The molecule has 0 aromatic heterocycles. The van der Waals surface area contributed by atoms with Crippen molar-refractivity contribution >= 4 is 39.0 Å². The number of hydrogen-bond acceptors (Lipinski definition) is 4. The first-order valence-corrected chi connectivity index (χ1v) is 11.0. The van der Waals surface area contributed by atoms with Crippen LogP contribution in [0.25, 0.3) is 0 Å². The Morgan fingerprint density at radius 1 is 0.967 bits per heavy atom. The number of carboxylic acid groups (broad SMARTS) is 1. The first-order chi connectivity index (χ1) is 14.1. The van der Waals surface area contributed by atoms with Gasteiger partial charge in [-0.05, 0) is 59.7 Å². The lowest BCUT2D eigenvalue weighted by Gasteiger charge is -2.11. The topological polar surface area (TPSA) is 80.7 Å². The number of rotatable bonds is 7. The van der Waals surface area contributed by atoms with Crippen LogP contribution in [0.1, 0.15) is 11.1 Å². The van der Waals surface area contributed by atoms with Gasteiger partial charge in [-0.15, -0.1) is 0 Å². The van der Waals surface area contributed by atoms with Crippen LogP contribution in [0.15, 0.2) is 65.6 Å². The van der Waals surface area contributed by atoms with Crippen LogP contribution >= 0.6 is 23.2 Å². The molecule has 0 aliphatic heterocycles. The third kappa shape index (κ3) is 5.72. The summed E-state index contributed by atoms with van der Waals surface area (Å²) in [7, 11) is -3.71. The molecule has 0 aliphatic carbocycles. The van der Waals surface area contributed by atoms with E-state index in [2.05, 4.69) is 0 Å². The highest BCUT2D eigenvalue weighted by atomic mass is 35.5. The van der Waals surface area contributed by atoms with Crippen molar-refractivity contribution in [3.8, 4) is 11.5 Å². The molecule has 0 amide bonds. The van der Waals surface area contributed by atoms with Gasteiger partial charge in [0.1, 0.15) is 17.3 Å². The molecule has 3 aromatic carbocycles. The summed E-state index contributed by atoms with van der Waals surface area (Å²) in [5, 5.41) is 9.27. The number of sulfone groups is 1. The van der Waals surface area contributed by atoms with Crippen molar-refractivity contribution in [1.29, 1.82) is 0 Å². The van der Waals surface area contributed by atoms with Crippen molar-refractivity contribution in [2.75, 3.05) is 0 Å². The van der Waals surface area contributed by atoms with Gasteiger partial charge in [0.05, 0.1) is 22.1 Å². The van der Waals surface area contributed by atoms with Crippen LogP contribution in [-0.2, 0) is 26.8 Å². The van der Waals surface area contributed by atoms with Crippen LogP contribution in [-0.4, -0.2) is 19.5 Å². The summed E-state index contributed by atoms with van der Waals surface area (Å²) in [5.74, 6) is -1.33. The fourth-order valence-corrected chi connectivity index (χ4v) is 4.63. The van der Waals surface area contributed by atoms with Crippen molar-refractivity contribution in [2.45, 2.75) is 17.1 Å². The van der Waals surface area contributed by atoms with E-state index in [-0.39, 0.29) is 33.6 Å². The third-order valence-electron chi connectivity index (χ3n) is 4.05. The van der Waals surface area contributed by atoms with Crippen LogP contribution < -0.4 is 4.74 Å². The Morgan fingerprint density at radius 3 is 2.30 bits per heavy atom. The molecule has 1 N–H and O–H groups in total. The van der Waals surface area contributed by atoms with Gasteiger partial charge in [0, 0.05) is 5.02 Å². The summed E-state index contributed by atoms with van der Waals surface area (Å²) in [6, 6.07) is 13.7. The number of carboxylic acids is 1. The van der Waals surface area contributed by atoms with Crippen molar-refractivity contribution in [3.63, 3.8) is 0 Å². The molecule has 0 saturated heterocycles. The molecular formula is C21H15Cl2FO5S. The largest absolute Gasteiger partial charge is 0.481 e. The van der Waals surface area contributed by atoms with Crippen LogP contribution in [0.3, 0.4) is 0 Å². The number of halogens is 3. The molecular weight excluding hydrogens is 454 g/mol. The van der Waals surface area contributed by atoms with Gasteiger partial charge in [0.2, 0.25) is 0 Å². The van der Waals surface area contributed by atoms with Gasteiger partial charge in [-0.25, -0.2) is 12.8 Å². The Labute approximate surface area is 182 Å². The fraction of sp³-hybridized carbons (Fsp3) is 0.0952. The third-order valence-corrected chi connectivity index (χ3v) is 6.25. The molecule has 0 saturated carbocycles. The minimum atomic E-state index is -3.71. The predicted molar refractivity (Wildman–Crippen MR) is 112 cm³/mol. The molecule has 0 aliphatic rings. The van der Waals surface area contributed by atoms with Crippen LogP contribution in [0.2, 0.25) is 10.0 Å². The van der Waals surface area contributed by atoms with Gasteiger partial charge >= 0.3 is 5.97 Å². The highest BCUT2D eigenvalue weighted by Gasteiger charge is 2.18. The lowest BCUT2D eigenvalue weighted by molar-refractivity contribution is -0.136. The van der Waals surface area contributed by atoms with Crippen LogP contribution in [0.5, 0.6) is 11.5 Å². The molecule has 9 heteroatoms. The Balaban J connectivity index is 1.82. The van der Waals surface area contributed by atoms with E-state index in [9.17, 15) is 17.6 Å². The maximum atomic E-state index is 13.0. The monoisotopic (exact) mass is 468 g/mol. The van der Waals surface area contributed by atoms with Gasteiger partial charge in [-0.3, -0.25) is 4.79 Å². The summed E-state index contributed by atoms with van der Waals surface area (Å²) < 4.78 is 43.9. The molecule has 0 heterocycles. The first-order valence-electron chi connectivity index (χ1n) is 8.58. The second kappa shape index (κ2) is 9.04. The van der Waals surface area contributed by atoms with E-state index in [0.717, 1.165) is 0 Å². The van der Waals surface area contributed by atoms with Crippen molar-refractivity contribution in [2.24, 2.45) is 0 Å². The molecule has 3 rings (SSSR count). The smallest absolute Gasteiger partial charge is 0.307 e. The summed E-state index contributed by atoms with van der Waals surface area (Å²) in [6.45, 7) is 0. The average Bonchev–Trinajstić information content (AvgIpc) is 2.64. The summed E-state index contributed by atoms with van der Waals surface area (Å²) in [4.78, 5) is 10.9. The Hall–Kier alpha value is -2.61. The molecule has 0 unspecified atom stereocenters. The molecule has 0 spiro atoms. The quantitative estimate of drug-likeness (QED) is 0.493. The molecule has 0 fully saturated rings. The van der Waals surface area contributed by atoms with Crippen molar-refractivity contribution < 1.29 is 27.4 Å². The fourth-order valence-electron chi connectivity index (χ4n) is 2.72.